The Hall–Kier alpha value is -0.570. The molecular weight excluding hydrogens is 234 g/mol. The average molecular weight is 258 g/mol. The number of nitrogens with two attached hydrogens (primary N) is 1. The summed E-state index contributed by atoms with van der Waals surface area (Å²) in [6.45, 7) is 10.4. The lowest BCUT2D eigenvalue weighted by Crippen LogP contribution is -2.33. The minimum atomic E-state index is -0.287. The lowest BCUT2D eigenvalue weighted by molar-refractivity contribution is 0.132. The maximum atomic E-state index is 9.38. The van der Waals surface area contributed by atoms with Crippen LogP contribution in [0.4, 0.5) is 0 Å². The Bertz CT molecular complexity index is 365. The van der Waals surface area contributed by atoms with E-state index in [1.54, 1.807) is 0 Å². The Labute approximate surface area is 111 Å². The summed E-state index contributed by atoms with van der Waals surface area (Å²) < 4.78 is 0. The first-order valence-corrected chi connectivity index (χ1v) is 5.74. The first-order valence-electron chi connectivity index (χ1n) is 5.74. The molecule has 0 aliphatic rings. The summed E-state index contributed by atoms with van der Waals surface area (Å²) in [7, 11) is 0. The predicted molar refractivity (Wildman–Crippen MR) is 75.7 cm³/mol. The molecule has 0 saturated heterocycles. The molecule has 0 aliphatic heterocycles. The third-order valence-corrected chi connectivity index (χ3v) is 3.30. The van der Waals surface area contributed by atoms with Gasteiger partial charge in [-0.3, -0.25) is 0 Å². The molecule has 3 N–H and O–H groups in total. The van der Waals surface area contributed by atoms with Crippen LogP contribution in [0.5, 0.6) is 0 Å². The second-order valence-electron chi connectivity index (χ2n) is 5.44. The summed E-state index contributed by atoms with van der Waals surface area (Å²) in [4.78, 5) is 0. The summed E-state index contributed by atoms with van der Waals surface area (Å²) in [6, 6.07) is 4.17. The molecule has 0 spiro atoms. The van der Waals surface area contributed by atoms with Gasteiger partial charge in [0.1, 0.15) is 0 Å². The highest BCUT2D eigenvalue weighted by atomic mass is 35.5. The van der Waals surface area contributed by atoms with E-state index in [1.165, 1.54) is 22.3 Å². The quantitative estimate of drug-likeness (QED) is 0.874. The van der Waals surface area contributed by atoms with Crippen LogP contribution >= 0.6 is 12.4 Å². The summed E-state index contributed by atoms with van der Waals surface area (Å²) in [5.41, 5.74) is 10.8. The highest BCUT2D eigenvalue weighted by Crippen LogP contribution is 2.34. The molecule has 0 unspecified atom stereocenters. The van der Waals surface area contributed by atoms with Crippen LogP contribution in [0, 0.1) is 26.2 Å². The Morgan fingerprint density at radius 1 is 1.18 bits per heavy atom. The maximum Gasteiger partial charge on any atom is 0.0500 e. The van der Waals surface area contributed by atoms with Crippen LogP contribution in [-0.2, 0) is 0 Å². The summed E-state index contributed by atoms with van der Waals surface area (Å²) in [5, 5.41) is 9.38. The molecule has 0 radical (unpaired) electrons. The third kappa shape index (κ3) is 3.44. The van der Waals surface area contributed by atoms with Crippen molar-refractivity contribution in [1.29, 1.82) is 0 Å². The van der Waals surface area contributed by atoms with E-state index in [4.69, 9.17) is 5.73 Å². The summed E-state index contributed by atoms with van der Waals surface area (Å²) >= 11 is 0. The van der Waals surface area contributed by atoms with Crippen molar-refractivity contribution in [1.82, 2.24) is 0 Å². The molecular formula is C14H24ClNO. The summed E-state index contributed by atoms with van der Waals surface area (Å²) in [5.74, 6) is 0. The topological polar surface area (TPSA) is 46.2 Å². The lowest BCUT2D eigenvalue weighted by atomic mass is 9.78. The van der Waals surface area contributed by atoms with E-state index >= 15 is 0 Å². The predicted octanol–water partition coefficient (Wildman–Crippen LogP) is 3.05. The molecule has 1 aromatic rings. The molecule has 0 fully saturated rings. The molecule has 0 aliphatic carbocycles. The highest BCUT2D eigenvalue weighted by Gasteiger charge is 2.29. The number of aliphatic hydroxyl groups excluding tert-OH is 1. The third-order valence-electron chi connectivity index (χ3n) is 3.30. The zero-order chi connectivity index (χ0) is 12.5. The van der Waals surface area contributed by atoms with Gasteiger partial charge in [0.05, 0.1) is 0 Å². The molecule has 0 heterocycles. The van der Waals surface area contributed by atoms with Gasteiger partial charge in [-0.2, -0.15) is 0 Å². The van der Waals surface area contributed by atoms with Crippen LogP contribution in [-0.4, -0.2) is 11.7 Å². The maximum absolute atomic E-state index is 9.38. The number of benzene rings is 1. The second-order valence-corrected chi connectivity index (χ2v) is 5.44. The Morgan fingerprint density at radius 3 is 1.94 bits per heavy atom. The first-order chi connectivity index (χ1) is 7.29. The minimum absolute atomic E-state index is 0. The van der Waals surface area contributed by atoms with E-state index in [2.05, 4.69) is 32.9 Å². The first kappa shape index (κ1) is 16.4. The van der Waals surface area contributed by atoms with E-state index in [-0.39, 0.29) is 30.5 Å². The van der Waals surface area contributed by atoms with Gasteiger partial charge in [0.2, 0.25) is 0 Å². The van der Waals surface area contributed by atoms with E-state index in [0.29, 0.717) is 0 Å². The van der Waals surface area contributed by atoms with Gasteiger partial charge in [0, 0.05) is 18.1 Å². The van der Waals surface area contributed by atoms with Crippen molar-refractivity contribution >= 4 is 12.4 Å². The van der Waals surface area contributed by atoms with Crippen molar-refractivity contribution < 1.29 is 5.11 Å². The standard InChI is InChI=1S/C14H23NO.ClH/c1-9-6-10(2)12(11(3)7-9)13(15)14(4,5)8-16;/h6-7,13,16H,8,15H2,1-5H3;1H/t13-;/m0./s1. The van der Waals surface area contributed by atoms with Crippen molar-refractivity contribution in [3.63, 3.8) is 0 Å². The highest BCUT2D eigenvalue weighted by molar-refractivity contribution is 5.85. The zero-order valence-corrected chi connectivity index (χ0v) is 12.2. The van der Waals surface area contributed by atoms with Gasteiger partial charge < -0.3 is 10.8 Å². The number of rotatable bonds is 3. The van der Waals surface area contributed by atoms with Gasteiger partial charge >= 0.3 is 0 Å². The van der Waals surface area contributed by atoms with Gasteiger partial charge in [0.25, 0.3) is 0 Å². The largest absolute Gasteiger partial charge is 0.396 e. The van der Waals surface area contributed by atoms with E-state index in [0.717, 1.165) is 0 Å². The Morgan fingerprint density at radius 2 is 1.59 bits per heavy atom. The monoisotopic (exact) mass is 257 g/mol. The van der Waals surface area contributed by atoms with Crippen molar-refractivity contribution in [3.8, 4) is 0 Å². The summed E-state index contributed by atoms with van der Waals surface area (Å²) in [6.07, 6.45) is 0. The van der Waals surface area contributed by atoms with Crippen molar-refractivity contribution in [3.05, 3.63) is 34.4 Å². The van der Waals surface area contributed by atoms with Crippen molar-refractivity contribution in [2.75, 3.05) is 6.61 Å². The molecule has 98 valence electrons. The van der Waals surface area contributed by atoms with Crippen LogP contribution in [0.15, 0.2) is 12.1 Å². The molecule has 3 heteroatoms. The van der Waals surface area contributed by atoms with Crippen molar-refractivity contribution in [2.24, 2.45) is 11.1 Å². The fraction of sp³-hybridized carbons (Fsp3) is 0.571. The Balaban J connectivity index is 0.00000256. The molecule has 0 bridgehead atoms. The number of halogens is 1. The molecule has 1 atom stereocenters. The molecule has 1 aromatic carbocycles. The molecule has 2 nitrogen and oxygen atoms in total. The van der Waals surface area contributed by atoms with Crippen molar-refractivity contribution in [2.45, 2.75) is 40.7 Å². The number of aryl methyl sites for hydroxylation is 3. The molecule has 17 heavy (non-hydrogen) atoms. The minimum Gasteiger partial charge on any atom is -0.396 e. The number of aliphatic hydroxyl groups is 1. The van der Waals surface area contributed by atoms with Crippen LogP contribution < -0.4 is 5.73 Å². The molecule has 0 aromatic heterocycles. The lowest BCUT2D eigenvalue weighted by Gasteiger charge is -2.32. The number of hydrogen-bond donors (Lipinski definition) is 2. The van der Waals surface area contributed by atoms with E-state index < -0.39 is 0 Å². The van der Waals surface area contributed by atoms with E-state index in [1.807, 2.05) is 13.8 Å². The van der Waals surface area contributed by atoms with Crippen LogP contribution in [0.2, 0.25) is 0 Å². The molecule has 0 amide bonds. The van der Waals surface area contributed by atoms with Gasteiger partial charge in [-0.1, -0.05) is 31.5 Å². The zero-order valence-electron chi connectivity index (χ0n) is 11.4. The van der Waals surface area contributed by atoms with Gasteiger partial charge in [-0.05, 0) is 37.5 Å². The van der Waals surface area contributed by atoms with Gasteiger partial charge in [-0.25, -0.2) is 0 Å². The van der Waals surface area contributed by atoms with Crippen LogP contribution in [0.25, 0.3) is 0 Å². The second kappa shape index (κ2) is 5.85. The van der Waals surface area contributed by atoms with Gasteiger partial charge in [-0.15, -0.1) is 12.4 Å². The van der Waals surface area contributed by atoms with Crippen LogP contribution in [0.1, 0.15) is 42.1 Å². The average Bonchev–Trinajstić information content (AvgIpc) is 2.15. The smallest absolute Gasteiger partial charge is 0.0500 e. The molecule has 1 rings (SSSR count). The SMILES string of the molecule is Cc1cc(C)c([C@H](N)C(C)(C)CO)c(C)c1.Cl. The normalized spacial score (nSPS) is 13.1. The van der Waals surface area contributed by atoms with Crippen LogP contribution in [0.3, 0.4) is 0 Å². The molecule has 0 saturated carbocycles. The van der Waals surface area contributed by atoms with Gasteiger partial charge in [0.15, 0.2) is 0 Å². The fourth-order valence-corrected chi connectivity index (χ4v) is 2.17. The number of hydrogen-bond acceptors (Lipinski definition) is 2. The fourth-order valence-electron chi connectivity index (χ4n) is 2.17. The van der Waals surface area contributed by atoms with E-state index in [9.17, 15) is 5.11 Å². The Kier molecular flexibility index (Phi) is 5.66.